The fourth-order valence-electron chi connectivity index (χ4n) is 2.10. The zero-order valence-corrected chi connectivity index (χ0v) is 11.8. The summed E-state index contributed by atoms with van der Waals surface area (Å²) in [6.45, 7) is 0.801. The van der Waals surface area contributed by atoms with Crippen LogP contribution in [0.5, 0.6) is 0 Å². The molecule has 7 nitrogen and oxygen atoms in total. The van der Waals surface area contributed by atoms with Crippen molar-refractivity contribution in [2.24, 2.45) is 0 Å². The molecule has 1 saturated heterocycles. The molecule has 21 heavy (non-hydrogen) atoms. The van der Waals surface area contributed by atoms with Gasteiger partial charge in [0.15, 0.2) is 0 Å². The van der Waals surface area contributed by atoms with Crippen LogP contribution in [-0.2, 0) is 20.9 Å². The van der Waals surface area contributed by atoms with Crippen molar-refractivity contribution in [2.75, 3.05) is 19.6 Å². The van der Waals surface area contributed by atoms with Crippen LogP contribution in [0.3, 0.4) is 0 Å². The average molecular weight is 293 g/mol. The predicted octanol–water partition coefficient (Wildman–Crippen LogP) is 0.0245. The summed E-state index contributed by atoms with van der Waals surface area (Å²) >= 11 is 0. The van der Waals surface area contributed by atoms with E-state index < -0.39 is 0 Å². The molecule has 1 aromatic heterocycles. The third kappa shape index (κ3) is 4.94. The van der Waals surface area contributed by atoms with Crippen molar-refractivity contribution in [3.63, 3.8) is 0 Å². The van der Waals surface area contributed by atoms with Gasteiger partial charge < -0.3 is 20.0 Å². The van der Waals surface area contributed by atoms with Gasteiger partial charge in [0, 0.05) is 13.0 Å². The van der Waals surface area contributed by atoms with Crippen molar-refractivity contribution in [1.29, 1.82) is 0 Å². The van der Waals surface area contributed by atoms with E-state index in [1.807, 2.05) is 0 Å². The molecule has 0 unspecified atom stereocenters. The van der Waals surface area contributed by atoms with E-state index in [4.69, 9.17) is 4.42 Å². The highest BCUT2D eigenvalue weighted by Crippen LogP contribution is 2.09. The Bertz CT molecular complexity index is 498. The molecular formula is C14H19N3O4. The van der Waals surface area contributed by atoms with Crippen LogP contribution in [0.1, 0.15) is 25.0 Å². The molecule has 0 spiro atoms. The molecule has 0 aromatic carbocycles. The number of hydrogen-bond acceptors (Lipinski definition) is 4. The molecule has 2 N–H and O–H groups in total. The molecule has 0 aliphatic carbocycles. The van der Waals surface area contributed by atoms with Gasteiger partial charge in [-0.2, -0.15) is 0 Å². The Morgan fingerprint density at radius 3 is 2.81 bits per heavy atom. The van der Waals surface area contributed by atoms with Gasteiger partial charge in [-0.3, -0.25) is 14.4 Å². The van der Waals surface area contributed by atoms with E-state index in [0.29, 0.717) is 18.7 Å². The number of rotatable bonds is 6. The molecule has 1 aliphatic heterocycles. The Balaban J connectivity index is 1.63. The van der Waals surface area contributed by atoms with Crippen LogP contribution < -0.4 is 10.6 Å². The van der Waals surface area contributed by atoms with Crippen molar-refractivity contribution in [3.05, 3.63) is 24.2 Å². The Morgan fingerprint density at radius 2 is 2.10 bits per heavy atom. The third-order valence-electron chi connectivity index (χ3n) is 3.24. The number of likely N-dealkylation sites (tertiary alicyclic amines) is 1. The first-order valence-electron chi connectivity index (χ1n) is 6.98. The summed E-state index contributed by atoms with van der Waals surface area (Å²) in [7, 11) is 0. The maximum Gasteiger partial charge on any atom is 0.240 e. The molecule has 1 aromatic rings. The summed E-state index contributed by atoms with van der Waals surface area (Å²) in [4.78, 5) is 36.3. The molecule has 1 aliphatic rings. The number of carbonyl (C=O) groups excluding carboxylic acids is 3. The maximum atomic E-state index is 11.7. The zero-order valence-electron chi connectivity index (χ0n) is 11.8. The summed E-state index contributed by atoms with van der Waals surface area (Å²) in [5.74, 6) is 0.0235. The topological polar surface area (TPSA) is 91.7 Å². The SMILES string of the molecule is O=C(CNC(=O)CN1CCCCC1=O)NCc1ccco1. The van der Waals surface area contributed by atoms with Gasteiger partial charge >= 0.3 is 0 Å². The minimum absolute atomic E-state index is 0.00123. The van der Waals surface area contributed by atoms with Gasteiger partial charge in [-0.05, 0) is 25.0 Å². The second-order valence-corrected chi connectivity index (χ2v) is 4.91. The minimum atomic E-state index is -0.321. The average Bonchev–Trinajstić information content (AvgIpc) is 2.99. The van der Waals surface area contributed by atoms with Crippen molar-refractivity contribution in [1.82, 2.24) is 15.5 Å². The highest BCUT2D eigenvalue weighted by atomic mass is 16.3. The molecule has 7 heteroatoms. The molecule has 2 heterocycles. The first kappa shape index (κ1) is 15.1. The lowest BCUT2D eigenvalue weighted by molar-refractivity contribution is -0.138. The van der Waals surface area contributed by atoms with E-state index in [9.17, 15) is 14.4 Å². The minimum Gasteiger partial charge on any atom is -0.467 e. The highest BCUT2D eigenvalue weighted by molar-refractivity contribution is 5.88. The largest absolute Gasteiger partial charge is 0.467 e. The maximum absolute atomic E-state index is 11.7. The highest BCUT2D eigenvalue weighted by Gasteiger charge is 2.20. The summed E-state index contributed by atoms with van der Waals surface area (Å²) in [5.41, 5.74) is 0. The predicted molar refractivity (Wildman–Crippen MR) is 74.0 cm³/mol. The van der Waals surface area contributed by atoms with Gasteiger partial charge in [-0.15, -0.1) is 0 Å². The van der Waals surface area contributed by atoms with Crippen molar-refractivity contribution in [2.45, 2.75) is 25.8 Å². The molecule has 0 atom stereocenters. The van der Waals surface area contributed by atoms with Crippen molar-refractivity contribution >= 4 is 17.7 Å². The lowest BCUT2D eigenvalue weighted by Gasteiger charge is -2.25. The summed E-state index contributed by atoms with van der Waals surface area (Å²) in [6.07, 6.45) is 3.82. The van der Waals surface area contributed by atoms with Crippen molar-refractivity contribution in [3.8, 4) is 0 Å². The van der Waals surface area contributed by atoms with Gasteiger partial charge in [0.2, 0.25) is 17.7 Å². The summed E-state index contributed by atoms with van der Waals surface area (Å²) in [6, 6.07) is 3.49. The van der Waals surface area contributed by atoms with E-state index in [1.165, 1.54) is 11.2 Å². The Labute approximate surface area is 122 Å². The fourth-order valence-corrected chi connectivity index (χ4v) is 2.10. The molecule has 1 fully saturated rings. The van der Waals surface area contributed by atoms with Crippen LogP contribution in [0.2, 0.25) is 0 Å². The number of nitrogens with one attached hydrogen (secondary N) is 2. The van der Waals surface area contributed by atoms with Gasteiger partial charge in [-0.1, -0.05) is 0 Å². The molecule has 3 amide bonds. The normalized spacial score (nSPS) is 14.9. The van der Waals surface area contributed by atoms with Crippen LogP contribution >= 0.6 is 0 Å². The second kappa shape index (κ2) is 7.47. The van der Waals surface area contributed by atoms with Crippen molar-refractivity contribution < 1.29 is 18.8 Å². The van der Waals surface area contributed by atoms with Crippen LogP contribution in [-0.4, -0.2) is 42.3 Å². The lowest BCUT2D eigenvalue weighted by Crippen LogP contribution is -2.45. The van der Waals surface area contributed by atoms with Gasteiger partial charge in [0.05, 0.1) is 25.9 Å². The van der Waals surface area contributed by atoms with Crippen LogP contribution in [0.25, 0.3) is 0 Å². The number of nitrogens with zero attached hydrogens (tertiary/aromatic N) is 1. The first-order chi connectivity index (χ1) is 10.1. The third-order valence-corrected chi connectivity index (χ3v) is 3.24. The van der Waals surface area contributed by atoms with Crippen LogP contribution in [0.15, 0.2) is 22.8 Å². The number of piperidine rings is 1. The number of carbonyl (C=O) groups is 3. The fraction of sp³-hybridized carbons (Fsp3) is 0.500. The Hall–Kier alpha value is -2.31. The number of amides is 3. The van der Waals surface area contributed by atoms with Gasteiger partial charge in [0.1, 0.15) is 5.76 Å². The molecule has 0 bridgehead atoms. The quantitative estimate of drug-likeness (QED) is 0.774. The van der Waals surface area contributed by atoms with E-state index in [1.54, 1.807) is 12.1 Å². The first-order valence-corrected chi connectivity index (χ1v) is 6.98. The monoisotopic (exact) mass is 293 g/mol. The molecule has 114 valence electrons. The zero-order chi connectivity index (χ0) is 15.1. The van der Waals surface area contributed by atoms with Crippen LogP contribution in [0, 0.1) is 0 Å². The van der Waals surface area contributed by atoms with Gasteiger partial charge in [-0.25, -0.2) is 0 Å². The Kier molecular flexibility index (Phi) is 5.36. The number of hydrogen-bond donors (Lipinski definition) is 2. The Morgan fingerprint density at radius 1 is 1.24 bits per heavy atom. The second-order valence-electron chi connectivity index (χ2n) is 4.91. The van der Waals surface area contributed by atoms with Gasteiger partial charge in [0.25, 0.3) is 0 Å². The standard InChI is InChI=1S/C14H19N3O4/c18-12(15-8-11-4-3-7-21-11)9-16-13(19)10-17-6-2-1-5-14(17)20/h3-4,7H,1-2,5-6,8-10H2,(H,15,18)(H,16,19). The van der Waals surface area contributed by atoms with E-state index in [0.717, 1.165) is 12.8 Å². The molecule has 2 rings (SSSR count). The summed E-state index contributed by atoms with van der Waals surface area (Å²) < 4.78 is 5.08. The molecule has 0 radical (unpaired) electrons. The van der Waals surface area contributed by atoms with E-state index in [-0.39, 0.29) is 37.4 Å². The van der Waals surface area contributed by atoms with E-state index >= 15 is 0 Å². The lowest BCUT2D eigenvalue weighted by atomic mass is 10.1. The van der Waals surface area contributed by atoms with Crippen LogP contribution in [0.4, 0.5) is 0 Å². The molecule has 0 saturated carbocycles. The smallest absolute Gasteiger partial charge is 0.240 e. The van der Waals surface area contributed by atoms with E-state index in [2.05, 4.69) is 10.6 Å². The summed E-state index contributed by atoms with van der Waals surface area (Å²) in [5, 5.41) is 5.13. The number of furan rings is 1. The molecular weight excluding hydrogens is 274 g/mol.